The van der Waals surface area contributed by atoms with Crippen LogP contribution in [-0.4, -0.2) is 31.3 Å². The quantitative estimate of drug-likeness (QED) is 0.734. The number of rotatable bonds is 5. The van der Waals surface area contributed by atoms with Gasteiger partial charge < -0.3 is 9.88 Å². The van der Waals surface area contributed by atoms with Gasteiger partial charge in [0.1, 0.15) is 17.6 Å². The summed E-state index contributed by atoms with van der Waals surface area (Å²) < 4.78 is 3.57. The number of nitrogens with zero attached hydrogens (tertiary/aromatic N) is 5. The molecule has 0 aliphatic carbocycles. The predicted molar refractivity (Wildman–Crippen MR) is 102 cm³/mol. The largest absolute Gasteiger partial charge is 0.346 e. The van der Waals surface area contributed by atoms with Crippen LogP contribution in [0.1, 0.15) is 28.8 Å². The highest BCUT2D eigenvalue weighted by atomic mass is 35.5. The highest BCUT2D eigenvalue weighted by molar-refractivity contribution is 6.32. The normalized spacial score (nSPS) is 11.8. The average Bonchev–Trinajstić information content (AvgIpc) is 3.21. The summed E-state index contributed by atoms with van der Waals surface area (Å²) in [5.74, 6) is 0.572. The Kier molecular flexibility index (Phi) is 5.28. The first-order valence-electron chi connectivity index (χ1n) is 8.41. The third-order valence-corrected chi connectivity index (χ3v) is 4.52. The van der Waals surface area contributed by atoms with E-state index in [1.165, 1.54) is 0 Å². The first kappa shape index (κ1) is 18.7. The molecule has 1 atom stereocenters. The lowest BCUT2D eigenvalue weighted by Crippen LogP contribution is -2.36. The summed E-state index contributed by atoms with van der Waals surface area (Å²) in [7, 11) is 1.85. The molecule has 1 amide bonds. The van der Waals surface area contributed by atoms with E-state index in [1.807, 2.05) is 49.9 Å². The molecule has 0 spiro atoms. The molecule has 1 aromatic carbocycles. The molecular weight excluding hydrogens is 364 g/mol. The molecule has 1 N–H and O–H groups in total. The van der Waals surface area contributed by atoms with Crippen LogP contribution >= 0.6 is 11.6 Å². The molecule has 0 unspecified atom stereocenters. The van der Waals surface area contributed by atoms with Crippen LogP contribution in [-0.2, 0) is 13.6 Å². The van der Waals surface area contributed by atoms with Crippen LogP contribution in [0.15, 0.2) is 36.7 Å². The Bertz CT molecular complexity index is 1010. The van der Waals surface area contributed by atoms with Crippen molar-refractivity contribution in [3.63, 3.8) is 0 Å². The van der Waals surface area contributed by atoms with Crippen LogP contribution < -0.4 is 5.32 Å². The van der Waals surface area contributed by atoms with E-state index < -0.39 is 0 Å². The molecule has 27 heavy (non-hydrogen) atoms. The minimum absolute atomic E-state index is 0.128. The molecule has 138 valence electrons. The zero-order valence-electron chi connectivity index (χ0n) is 15.3. The summed E-state index contributed by atoms with van der Waals surface area (Å²) in [6.07, 6.45) is 3.55. The Morgan fingerprint density at radius 1 is 1.41 bits per heavy atom. The van der Waals surface area contributed by atoms with Crippen molar-refractivity contribution in [1.82, 2.24) is 24.6 Å². The van der Waals surface area contributed by atoms with E-state index in [2.05, 4.69) is 15.4 Å². The van der Waals surface area contributed by atoms with Gasteiger partial charge in [-0.3, -0.25) is 9.48 Å². The maximum atomic E-state index is 12.3. The summed E-state index contributed by atoms with van der Waals surface area (Å²) in [6.45, 7) is 4.27. The average molecular weight is 383 g/mol. The lowest BCUT2D eigenvalue weighted by atomic mass is 10.1. The molecule has 3 aromatic rings. The summed E-state index contributed by atoms with van der Waals surface area (Å²) in [5, 5.41) is 16.8. The number of nitrogens with one attached hydrogen (secondary N) is 1. The second-order valence-corrected chi connectivity index (χ2v) is 6.80. The molecule has 0 aliphatic rings. The second-order valence-electron chi connectivity index (χ2n) is 6.39. The van der Waals surface area contributed by atoms with E-state index in [0.717, 1.165) is 17.1 Å². The minimum atomic E-state index is -0.211. The van der Waals surface area contributed by atoms with Crippen LogP contribution in [0, 0.1) is 18.3 Å². The van der Waals surface area contributed by atoms with Crippen molar-refractivity contribution in [1.29, 1.82) is 5.26 Å². The number of amides is 1. The molecule has 8 heteroatoms. The third kappa shape index (κ3) is 4.18. The lowest BCUT2D eigenvalue weighted by Gasteiger charge is -2.13. The predicted octanol–water partition coefficient (Wildman–Crippen LogP) is 2.94. The van der Waals surface area contributed by atoms with Gasteiger partial charge in [0, 0.05) is 31.0 Å². The molecule has 0 fully saturated rings. The van der Waals surface area contributed by atoms with E-state index in [1.54, 1.807) is 23.0 Å². The van der Waals surface area contributed by atoms with Gasteiger partial charge in [-0.15, -0.1) is 0 Å². The van der Waals surface area contributed by atoms with Crippen molar-refractivity contribution < 1.29 is 4.79 Å². The Morgan fingerprint density at radius 2 is 2.19 bits per heavy atom. The molecule has 0 aliphatic heterocycles. The van der Waals surface area contributed by atoms with Crippen LogP contribution in [0.3, 0.4) is 0 Å². The monoisotopic (exact) mass is 382 g/mol. The Labute approximate surface area is 162 Å². The highest BCUT2D eigenvalue weighted by Crippen LogP contribution is 2.24. The van der Waals surface area contributed by atoms with Gasteiger partial charge in [0.15, 0.2) is 0 Å². The topological polar surface area (TPSA) is 88.5 Å². The van der Waals surface area contributed by atoms with Gasteiger partial charge in [0.25, 0.3) is 5.91 Å². The van der Waals surface area contributed by atoms with E-state index >= 15 is 0 Å². The first-order valence-corrected chi connectivity index (χ1v) is 8.79. The van der Waals surface area contributed by atoms with E-state index in [-0.39, 0.29) is 11.9 Å². The number of aromatic nitrogens is 4. The van der Waals surface area contributed by atoms with Gasteiger partial charge in [0.05, 0.1) is 22.8 Å². The van der Waals surface area contributed by atoms with Gasteiger partial charge in [-0.2, -0.15) is 10.4 Å². The van der Waals surface area contributed by atoms with Crippen molar-refractivity contribution >= 4 is 17.5 Å². The maximum absolute atomic E-state index is 12.3. The first-order chi connectivity index (χ1) is 12.9. The van der Waals surface area contributed by atoms with E-state index in [0.29, 0.717) is 22.8 Å². The number of carbonyl (C=O) groups excluding carboxylic acids is 1. The molecule has 2 heterocycles. The van der Waals surface area contributed by atoms with E-state index in [4.69, 9.17) is 16.9 Å². The Balaban J connectivity index is 1.65. The Morgan fingerprint density at radius 3 is 2.81 bits per heavy atom. The maximum Gasteiger partial charge on any atom is 0.271 e. The molecule has 7 nitrogen and oxygen atoms in total. The Hall–Kier alpha value is -3.11. The van der Waals surface area contributed by atoms with Crippen LogP contribution in [0.25, 0.3) is 11.3 Å². The molecule has 0 radical (unpaired) electrons. The lowest BCUT2D eigenvalue weighted by molar-refractivity contribution is 0.0931. The molecule has 0 saturated heterocycles. The smallest absolute Gasteiger partial charge is 0.271 e. The van der Waals surface area contributed by atoms with Crippen molar-refractivity contribution in [3.05, 3.63) is 58.8 Å². The number of benzene rings is 1. The highest BCUT2D eigenvalue weighted by Gasteiger charge is 2.14. The number of carbonyl (C=O) groups is 1. The van der Waals surface area contributed by atoms with Gasteiger partial charge in [-0.1, -0.05) is 17.7 Å². The van der Waals surface area contributed by atoms with Gasteiger partial charge >= 0.3 is 0 Å². The van der Waals surface area contributed by atoms with Crippen LogP contribution in [0.2, 0.25) is 5.02 Å². The molecule has 0 bridgehead atoms. The fourth-order valence-electron chi connectivity index (χ4n) is 2.67. The number of halogens is 1. The van der Waals surface area contributed by atoms with Crippen molar-refractivity contribution in [2.75, 3.05) is 0 Å². The molecule has 2 aromatic heterocycles. The zero-order valence-corrected chi connectivity index (χ0v) is 16.0. The summed E-state index contributed by atoms with van der Waals surface area (Å²) in [5.41, 5.74) is 2.41. The number of hydrogen-bond donors (Lipinski definition) is 1. The van der Waals surface area contributed by atoms with Crippen LogP contribution in [0.5, 0.6) is 0 Å². The van der Waals surface area contributed by atoms with Crippen molar-refractivity contribution in [2.24, 2.45) is 7.05 Å². The summed E-state index contributed by atoms with van der Waals surface area (Å²) >= 11 is 6.09. The second kappa shape index (κ2) is 7.64. The number of nitriles is 1. The number of hydrogen-bond acceptors (Lipinski definition) is 4. The molecular formula is C19H19ClN6O. The molecule has 0 saturated carbocycles. The van der Waals surface area contributed by atoms with Crippen molar-refractivity contribution in [3.8, 4) is 17.3 Å². The zero-order chi connectivity index (χ0) is 19.6. The number of aryl methyl sites for hydroxylation is 2. The van der Waals surface area contributed by atoms with Crippen LogP contribution in [0.4, 0.5) is 0 Å². The minimum Gasteiger partial charge on any atom is -0.346 e. The van der Waals surface area contributed by atoms with Gasteiger partial charge in [-0.25, -0.2) is 4.98 Å². The fraction of sp³-hybridized carbons (Fsp3) is 0.263. The summed E-state index contributed by atoms with van der Waals surface area (Å²) in [6, 6.07) is 8.99. The SMILES string of the molecule is Cc1nc(C(=O)N[C@@H](C)Cn2ccc(-c3ccc(C#N)c(Cl)c3)n2)cn1C. The fourth-order valence-corrected chi connectivity index (χ4v) is 2.90. The van der Waals surface area contributed by atoms with Gasteiger partial charge in [-0.05, 0) is 32.0 Å². The van der Waals surface area contributed by atoms with E-state index in [9.17, 15) is 4.79 Å². The third-order valence-electron chi connectivity index (χ3n) is 4.21. The van der Waals surface area contributed by atoms with Crippen molar-refractivity contribution in [2.45, 2.75) is 26.4 Å². The summed E-state index contributed by atoms with van der Waals surface area (Å²) in [4.78, 5) is 16.5. The molecule has 3 rings (SSSR count). The number of imidazole rings is 1. The van der Waals surface area contributed by atoms with Gasteiger partial charge in [0.2, 0.25) is 0 Å². The standard InChI is InChI=1S/C19H19ClN6O/c1-12(22-19(27)18-11-25(3)13(2)23-18)10-26-7-6-17(24-26)14-4-5-15(9-21)16(20)8-14/h4-8,11-12H,10H2,1-3H3,(H,22,27)/t12-/m0/s1.